The number of hydrogen-bond donors (Lipinski definition) is 0. The summed E-state index contributed by atoms with van der Waals surface area (Å²) in [5.74, 6) is 1.76. The number of aryl methyl sites for hydroxylation is 2. The van der Waals surface area contributed by atoms with Gasteiger partial charge in [0.2, 0.25) is 11.8 Å². The first-order valence-corrected chi connectivity index (χ1v) is 10.1. The van der Waals surface area contributed by atoms with Crippen molar-refractivity contribution in [3.8, 4) is 28.6 Å². The molecule has 31 heavy (non-hydrogen) atoms. The van der Waals surface area contributed by atoms with Crippen molar-refractivity contribution in [2.75, 3.05) is 27.4 Å². The van der Waals surface area contributed by atoms with E-state index in [1.807, 2.05) is 42.3 Å². The molecule has 4 rings (SSSR count). The van der Waals surface area contributed by atoms with Gasteiger partial charge in [-0.2, -0.15) is 5.10 Å². The number of carbonyl (C=O) groups excluding carboxylic acids is 1. The maximum atomic E-state index is 12.9. The van der Waals surface area contributed by atoms with E-state index in [2.05, 4.69) is 15.3 Å². The summed E-state index contributed by atoms with van der Waals surface area (Å²) < 4.78 is 18.4. The van der Waals surface area contributed by atoms with E-state index < -0.39 is 0 Å². The number of ether oxygens (including phenoxy) is 3. The number of rotatable bonds is 6. The second-order valence-corrected chi connectivity index (χ2v) is 7.26. The zero-order chi connectivity index (χ0) is 21.8. The molecular weight excluding hydrogens is 398 g/mol. The van der Waals surface area contributed by atoms with Crippen molar-refractivity contribution in [3.63, 3.8) is 0 Å². The number of amides is 1. The molecule has 0 saturated heterocycles. The lowest BCUT2D eigenvalue weighted by Gasteiger charge is -2.20. The topological polar surface area (TPSA) is 91.6 Å². The molecule has 1 aromatic carbocycles. The molecule has 1 aliphatic heterocycles. The van der Waals surface area contributed by atoms with Gasteiger partial charge in [-0.3, -0.25) is 9.48 Å². The van der Waals surface area contributed by atoms with Crippen LogP contribution in [0, 0.1) is 6.92 Å². The fraction of sp³-hybridized carbons (Fsp3) is 0.364. The standard InChI is InChI=1S/C22H25N5O4/c1-15-6-8-27(25-15)9-7-21(28)26-10-11-31-22-17(14-26)12-16(13-19(22)29-2)18-4-5-20(30-3)24-23-18/h4-6,8,12-13H,7,9-11,14H2,1-3H3. The number of hydrogen-bond acceptors (Lipinski definition) is 7. The molecule has 9 heteroatoms. The fourth-order valence-electron chi connectivity index (χ4n) is 3.54. The molecule has 0 fully saturated rings. The lowest BCUT2D eigenvalue weighted by molar-refractivity contribution is -0.132. The Balaban J connectivity index is 1.56. The largest absolute Gasteiger partial charge is 0.493 e. The molecule has 0 N–H and O–H groups in total. The predicted octanol–water partition coefficient (Wildman–Crippen LogP) is 2.48. The predicted molar refractivity (Wildman–Crippen MR) is 113 cm³/mol. The lowest BCUT2D eigenvalue weighted by Crippen LogP contribution is -2.33. The van der Waals surface area contributed by atoms with Crippen molar-refractivity contribution in [3.05, 3.63) is 47.8 Å². The van der Waals surface area contributed by atoms with Crippen LogP contribution in [0.25, 0.3) is 11.3 Å². The van der Waals surface area contributed by atoms with Gasteiger partial charge in [0.25, 0.3) is 0 Å². The van der Waals surface area contributed by atoms with E-state index in [-0.39, 0.29) is 5.91 Å². The summed E-state index contributed by atoms with van der Waals surface area (Å²) in [6.07, 6.45) is 2.26. The molecule has 1 aliphatic rings. The van der Waals surface area contributed by atoms with E-state index in [0.29, 0.717) is 55.7 Å². The minimum absolute atomic E-state index is 0.0539. The summed E-state index contributed by atoms with van der Waals surface area (Å²) in [7, 11) is 3.15. The van der Waals surface area contributed by atoms with Gasteiger partial charge in [-0.05, 0) is 31.2 Å². The Hall–Kier alpha value is -3.62. The quantitative estimate of drug-likeness (QED) is 0.601. The summed E-state index contributed by atoms with van der Waals surface area (Å²) in [5.41, 5.74) is 3.31. The van der Waals surface area contributed by atoms with Gasteiger partial charge in [-0.1, -0.05) is 0 Å². The third-order valence-corrected chi connectivity index (χ3v) is 5.15. The van der Waals surface area contributed by atoms with Gasteiger partial charge < -0.3 is 19.1 Å². The smallest absolute Gasteiger partial charge is 0.233 e. The molecular formula is C22H25N5O4. The Bertz CT molecular complexity index is 1060. The molecule has 0 radical (unpaired) electrons. The minimum Gasteiger partial charge on any atom is -0.493 e. The maximum absolute atomic E-state index is 12.9. The van der Waals surface area contributed by atoms with E-state index in [4.69, 9.17) is 14.2 Å². The van der Waals surface area contributed by atoms with Crippen LogP contribution < -0.4 is 14.2 Å². The lowest BCUT2D eigenvalue weighted by atomic mass is 10.0. The number of carbonyl (C=O) groups is 1. The van der Waals surface area contributed by atoms with E-state index in [9.17, 15) is 4.79 Å². The average Bonchev–Trinajstić information content (AvgIpc) is 3.09. The normalized spacial score (nSPS) is 13.2. The Labute approximate surface area is 180 Å². The van der Waals surface area contributed by atoms with Crippen LogP contribution >= 0.6 is 0 Å². The van der Waals surface area contributed by atoms with Crippen LogP contribution in [0.4, 0.5) is 0 Å². The van der Waals surface area contributed by atoms with Gasteiger partial charge in [0.1, 0.15) is 6.61 Å². The Morgan fingerprint density at radius 2 is 2.03 bits per heavy atom. The summed E-state index contributed by atoms with van der Waals surface area (Å²) >= 11 is 0. The van der Waals surface area contributed by atoms with Crippen molar-refractivity contribution >= 4 is 5.91 Å². The van der Waals surface area contributed by atoms with Crippen molar-refractivity contribution in [2.45, 2.75) is 26.4 Å². The Morgan fingerprint density at radius 1 is 1.16 bits per heavy atom. The van der Waals surface area contributed by atoms with Crippen LogP contribution in [-0.2, 0) is 17.9 Å². The first-order valence-electron chi connectivity index (χ1n) is 10.1. The van der Waals surface area contributed by atoms with Crippen LogP contribution in [0.1, 0.15) is 17.7 Å². The zero-order valence-corrected chi connectivity index (χ0v) is 17.9. The van der Waals surface area contributed by atoms with Crippen molar-refractivity contribution < 1.29 is 19.0 Å². The second-order valence-electron chi connectivity index (χ2n) is 7.26. The highest BCUT2D eigenvalue weighted by Crippen LogP contribution is 2.38. The van der Waals surface area contributed by atoms with Gasteiger partial charge >= 0.3 is 0 Å². The van der Waals surface area contributed by atoms with E-state index in [1.54, 1.807) is 25.0 Å². The number of methoxy groups -OCH3 is 2. The summed E-state index contributed by atoms with van der Waals surface area (Å²) in [6, 6.07) is 9.35. The molecule has 9 nitrogen and oxygen atoms in total. The molecule has 0 bridgehead atoms. The molecule has 1 amide bonds. The Kier molecular flexibility index (Phi) is 6.01. The molecule has 0 atom stereocenters. The molecule has 0 saturated carbocycles. The van der Waals surface area contributed by atoms with Gasteiger partial charge in [0, 0.05) is 42.9 Å². The SMILES string of the molecule is COc1ccc(-c2cc3c(c(OC)c2)OCCN(C(=O)CCn2ccc(C)n2)C3)nn1. The maximum Gasteiger partial charge on any atom is 0.233 e. The van der Waals surface area contributed by atoms with E-state index in [1.165, 1.54) is 0 Å². The Morgan fingerprint density at radius 3 is 2.71 bits per heavy atom. The number of aromatic nitrogens is 4. The number of nitrogens with zero attached hydrogens (tertiary/aromatic N) is 5. The van der Waals surface area contributed by atoms with Crippen molar-refractivity contribution in [2.24, 2.45) is 0 Å². The van der Waals surface area contributed by atoms with Crippen LogP contribution in [-0.4, -0.2) is 58.2 Å². The zero-order valence-electron chi connectivity index (χ0n) is 17.9. The van der Waals surface area contributed by atoms with E-state index in [0.717, 1.165) is 16.8 Å². The first kappa shape index (κ1) is 20.6. The highest BCUT2D eigenvalue weighted by atomic mass is 16.5. The monoisotopic (exact) mass is 423 g/mol. The van der Waals surface area contributed by atoms with Crippen LogP contribution in [0.5, 0.6) is 17.4 Å². The summed E-state index contributed by atoms with van der Waals surface area (Å²) in [4.78, 5) is 14.7. The number of benzene rings is 1. The number of fused-ring (bicyclic) bond motifs is 1. The molecule has 0 aliphatic carbocycles. The van der Waals surface area contributed by atoms with Crippen LogP contribution in [0.3, 0.4) is 0 Å². The van der Waals surface area contributed by atoms with Gasteiger partial charge in [-0.15, -0.1) is 10.2 Å². The highest BCUT2D eigenvalue weighted by molar-refractivity contribution is 5.76. The molecule has 3 heterocycles. The van der Waals surface area contributed by atoms with Crippen LogP contribution in [0.15, 0.2) is 36.5 Å². The third-order valence-electron chi connectivity index (χ3n) is 5.15. The van der Waals surface area contributed by atoms with Crippen LogP contribution in [0.2, 0.25) is 0 Å². The molecule has 162 valence electrons. The average molecular weight is 423 g/mol. The molecule has 0 spiro atoms. The minimum atomic E-state index is 0.0539. The van der Waals surface area contributed by atoms with Crippen molar-refractivity contribution in [1.82, 2.24) is 24.9 Å². The van der Waals surface area contributed by atoms with Gasteiger partial charge in [0.05, 0.1) is 32.2 Å². The highest BCUT2D eigenvalue weighted by Gasteiger charge is 2.23. The van der Waals surface area contributed by atoms with E-state index >= 15 is 0 Å². The van der Waals surface area contributed by atoms with Gasteiger partial charge in [-0.25, -0.2) is 0 Å². The summed E-state index contributed by atoms with van der Waals surface area (Å²) in [5, 5.41) is 12.6. The fourth-order valence-corrected chi connectivity index (χ4v) is 3.54. The third kappa shape index (κ3) is 4.60. The molecule has 0 unspecified atom stereocenters. The molecule has 2 aromatic heterocycles. The van der Waals surface area contributed by atoms with Crippen molar-refractivity contribution in [1.29, 1.82) is 0 Å². The molecule has 3 aromatic rings. The van der Waals surface area contributed by atoms with Gasteiger partial charge in [0.15, 0.2) is 11.5 Å². The summed E-state index contributed by atoms with van der Waals surface area (Å²) in [6.45, 7) is 3.81. The first-order chi connectivity index (χ1) is 15.1. The second kappa shape index (κ2) is 9.03.